The molecule has 0 aromatic heterocycles. The molecule has 0 aromatic rings. The van der Waals surface area contributed by atoms with Crippen LogP contribution < -0.4 is 0 Å². The van der Waals surface area contributed by atoms with Crippen molar-refractivity contribution in [3.8, 4) is 0 Å². The van der Waals surface area contributed by atoms with Gasteiger partial charge in [-0.1, -0.05) is 38.5 Å². The second-order valence-electron chi connectivity index (χ2n) is 7.65. The summed E-state index contributed by atoms with van der Waals surface area (Å²) in [5, 5.41) is 3.70. The predicted molar refractivity (Wildman–Crippen MR) is 97.4 cm³/mol. The first-order valence-corrected chi connectivity index (χ1v) is 11.3. The van der Waals surface area contributed by atoms with Crippen LogP contribution in [-0.2, 0) is 9.16 Å². The van der Waals surface area contributed by atoms with E-state index in [1.807, 2.05) is 0 Å². The molecule has 0 aromatic carbocycles. The van der Waals surface area contributed by atoms with Gasteiger partial charge in [0.25, 0.3) is 0 Å². The summed E-state index contributed by atoms with van der Waals surface area (Å²) in [5.74, 6) is 0. The van der Waals surface area contributed by atoms with Crippen LogP contribution in [0.2, 0.25) is 18.1 Å². The lowest BCUT2D eigenvalue weighted by Crippen LogP contribution is -2.44. The summed E-state index contributed by atoms with van der Waals surface area (Å²) in [4.78, 5) is 16.7. The molecule has 1 heterocycles. The Hall–Kier alpha value is -1.50. The van der Waals surface area contributed by atoms with E-state index in [1.54, 1.807) is 11.0 Å². The highest BCUT2D eigenvalue weighted by atomic mass is 28.4. The minimum atomic E-state index is -1.90. The van der Waals surface area contributed by atoms with Gasteiger partial charge in [-0.15, -0.1) is 0 Å². The molecule has 7 nitrogen and oxygen atoms in total. The lowest BCUT2D eigenvalue weighted by atomic mass is 10.1. The quantitative estimate of drug-likeness (QED) is 0.222. The number of hydrogen-bond donors (Lipinski definition) is 0. The molecule has 1 amide bonds. The highest BCUT2D eigenvalue weighted by Gasteiger charge is 2.43. The van der Waals surface area contributed by atoms with Crippen LogP contribution in [0, 0.1) is 0 Å². The normalized spacial score (nSPS) is 21.3. The van der Waals surface area contributed by atoms with Gasteiger partial charge in [-0.2, -0.15) is 0 Å². The summed E-state index contributed by atoms with van der Waals surface area (Å²) in [5.41, 5.74) is 8.45. The molecule has 1 rings (SSSR count). The molecular formula is C16H30N4O3Si. The van der Waals surface area contributed by atoms with Crippen LogP contribution in [-0.4, -0.2) is 51.2 Å². The van der Waals surface area contributed by atoms with Crippen molar-refractivity contribution in [3.05, 3.63) is 23.1 Å². The monoisotopic (exact) mass is 354 g/mol. The van der Waals surface area contributed by atoms with Crippen LogP contribution in [0.3, 0.4) is 0 Å². The van der Waals surface area contributed by atoms with Gasteiger partial charge in [0.15, 0.2) is 8.32 Å². The molecule has 136 valence electrons. The molecule has 0 aliphatic carbocycles. The molecule has 24 heavy (non-hydrogen) atoms. The van der Waals surface area contributed by atoms with Gasteiger partial charge in [0, 0.05) is 24.0 Å². The van der Waals surface area contributed by atoms with Crippen molar-refractivity contribution in [1.29, 1.82) is 0 Å². The third-order valence-corrected chi connectivity index (χ3v) is 9.36. The number of likely N-dealkylation sites (tertiary alicyclic amines) is 1. The van der Waals surface area contributed by atoms with E-state index in [1.165, 1.54) is 0 Å². The fraction of sp³-hybridized carbons (Fsp3) is 0.812. The van der Waals surface area contributed by atoms with E-state index in [9.17, 15) is 4.79 Å². The predicted octanol–water partition coefficient (Wildman–Crippen LogP) is 4.47. The molecule has 0 N–H and O–H groups in total. The fourth-order valence-electron chi connectivity index (χ4n) is 2.51. The molecule has 0 unspecified atom stereocenters. The SMILES string of the molecule is C=CCOC(=O)N1C[C@H](O[Si](C)(C)C(C)(C)C)C[C@H]1CCN=[N+]=[N-]. The maximum absolute atomic E-state index is 12.3. The van der Waals surface area contributed by atoms with E-state index < -0.39 is 8.32 Å². The van der Waals surface area contributed by atoms with Gasteiger partial charge >= 0.3 is 6.09 Å². The molecule has 1 fully saturated rings. The van der Waals surface area contributed by atoms with E-state index in [-0.39, 0.29) is 29.9 Å². The molecular weight excluding hydrogens is 324 g/mol. The van der Waals surface area contributed by atoms with Crippen LogP contribution in [0.1, 0.15) is 33.6 Å². The Morgan fingerprint density at radius 1 is 1.50 bits per heavy atom. The minimum absolute atomic E-state index is 0.00163. The van der Waals surface area contributed by atoms with E-state index in [4.69, 9.17) is 14.7 Å². The molecule has 2 atom stereocenters. The van der Waals surface area contributed by atoms with E-state index in [0.29, 0.717) is 19.5 Å². The Morgan fingerprint density at radius 3 is 2.71 bits per heavy atom. The summed E-state index contributed by atoms with van der Waals surface area (Å²) in [6, 6.07) is -0.0254. The summed E-state index contributed by atoms with van der Waals surface area (Å²) in [6.45, 7) is 15.6. The van der Waals surface area contributed by atoms with Gasteiger partial charge in [0.2, 0.25) is 0 Å². The van der Waals surface area contributed by atoms with E-state index >= 15 is 0 Å². The van der Waals surface area contributed by atoms with Crippen molar-refractivity contribution in [1.82, 2.24) is 4.90 Å². The Kier molecular flexibility index (Phi) is 7.32. The lowest BCUT2D eigenvalue weighted by Gasteiger charge is -2.38. The Balaban J connectivity index is 2.79. The van der Waals surface area contributed by atoms with Gasteiger partial charge < -0.3 is 14.1 Å². The average molecular weight is 355 g/mol. The molecule has 1 aliphatic heterocycles. The maximum atomic E-state index is 12.3. The van der Waals surface area contributed by atoms with Crippen LogP contribution in [0.4, 0.5) is 4.79 Å². The van der Waals surface area contributed by atoms with Crippen molar-refractivity contribution in [3.63, 3.8) is 0 Å². The first-order chi connectivity index (χ1) is 11.1. The second-order valence-corrected chi connectivity index (χ2v) is 12.4. The summed E-state index contributed by atoms with van der Waals surface area (Å²) >= 11 is 0. The fourth-order valence-corrected chi connectivity index (χ4v) is 3.87. The van der Waals surface area contributed by atoms with Crippen molar-refractivity contribution >= 4 is 14.4 Å². The number of nitrogens with zero attached hydrogens (tertiary/aromatic N) is 4. The smallest absolute Gasteiger partial charge is 0.410 e. The average Bonchev–Trinajstić information content (AvgIpc) is 2.86. The molecule has 0 radical (unpaired) electrons. The van der Waals surface area contributed by atoms with Crippen LogP contribution in [0.25, 0.3) is 10.4 Å². The third kappa shape index (κ3) is 5.54. The van der Waals surface area contributed by atoms with Crippen molar-refractivity contribution < 1.29 is 14.0 Å². The van der Waals surface area contributed by atoms with Gasteiger partial charge in [-0.25, -0.2) is 4.79 Å². The zero-order valence-electron chi connectivity index (χ0n) is 15.5. The number of carbonyl (C=O) groups excluding carboxylic acids is 1. The number of carbonyl (C=O) groups is 1. The third-order valence-electron chi connectivity index (χ3n) is 4.83. The highest BCUT2D eigenvalue weighted by Crippen LogP contribution is 2.39. The topological polar surface area (TPSA) is 87.5 Å². The number of hydrogen-bond acceptors (Lipinski definition) is 4. The Labute approximate surface area is 145 Å². The van der Waals surface area contributed by atoms with Crippen LogP contribution in [0.5, 0.6) is 0 Å². The molecule has 1 aliphatic rings. The number of ether oxygens (including phenoxy) is 1. The first kappa shape index (κ1) is 20.5. The Bertz CT molecular complexity index is 498. The summed E-state index contributed by atoms with van der Waals surface area (Å²) < 4.78 is 11.6. The Morgan fingerprint density at radius 2 is 2.17 bits per heavy atom. The van der Waals surface area contributed by atoms with Crippen molar-refractivity contribution in [2.45, 2.75) is 63.9 Å². The molecule has 8 heteroatoms. The molecule has 0 bridgehead atoms. The second kappa shape index (κ2) is 8.55. The van der Waals surface area contributed by atoms with Gasteiger partial charge in [-0.3, -0.25) is 0 Å². The van der Waals surface area contributed by atoms with Crippen molar-refractivity contribution in [2.24, 2.45) is 5.11 Å². The van der Waals surface area contributed by atoms with Crippen LogP contribution >= 0.6 is 0 Å². The summed E-state index contributed by atoms with van der Waals surface area (Å²) in [7, 11) is -1.90. The largest absolute Gasteiger partial charge is 0.445 e. The minimum Gasteiger partial charge on any atom is -0.445 e. The number of rotatable bonds is 7. The zero-order chi connectivity index (χ0) is 18.4. The van der Waals surface area contributed by atoms with Gasteiger partial charge in [0.05, 0.1) is 6.10 Å². The zero-order valence-corrected chi connectivity index (χ0v) is 16.5. The number of amides is 1. The first-order valence-electron chi connectivity index (χ1n) is 8.35. The maximum Gasteiger partial charge on any atom is 0.410 e. The van der Waals surface area contributed by atoms with E-state index in [2.05, 4.69) is 50.5 Å². The number of azide groups is 1. The standard InChI is InChI=1S/C16H30N4O3Si/c1-7-10-22-15(21)20-12-14(11-13(20)8-9-18-19-17)23-24(5,6)16(2,3)4/h7,13-14H,1,8-12H2,2-6H3/t13-,14-/m1/s1. The summed E-state index contributed by atoms with van der Waals surface area (Å²) in [6.07, 6.45) is 2.55. The molecule has 1 saturated heterocycles. The van der Waals surface area contributed by atoms with Gasteiger partial charge in [0.1, 0.15) is 6.61 Å². The molecule has 0 saturated carbocycles. The van der Waals surface area contributed by atoms with Gasteiger partial charge in [-0.05, 0) is 36.5 Å². The van der Waals surface area contributed by atoms with E-state index in [0.717, 1.165) is 6.42 Å². The highest BCUT2D eigenvalue weighted by molar-refractivity contribution is 6.74. The van der Waals surface area contributed by atoms with Crippen molar-refractivity contribution in [2.75, 3.05) is 19.7 Å². The molecule has 0 spiro atoms. The lowest BCUT2D eigenvalue weighted by molar-refractivity contribution is 0.102. The van der Waals surface area contributed by atoms with Crippen LogP contribution in [0.15, 0.2) is 17.8 Å².